The van der Waals surface area contributed by atoms with Crippen LogP contribution in [-0.2, 0) is 6.42 Å². The Morgan fingerprint density at radius 2 is 2.00 bits per heavy atom. The van der Waals surface area contributed by atoms with E-state index >= 15 is 0 Å². The van der Waals surface area contributed by atoms with Crippen molar-refractivity contribution in [1.29, 1.82) is 0 Å². The van der Waals surface area contributed by atoms with Gasteiger partial charge in [-0.3, -0.25) is 0 Å². The van der Waals surface area contributed by atoms with Crippen molar-refractivity contribution in [2.45, 2.75) is 71.8 Å². The summed E-state index contributed by atoms with van der Waals surface area (Å²) in [6, 6.07) is 4.10. The highest BCUT2D eigenvalue weighted by Gasteiger charge is 2.40. The van der Waals surface area contributed by atoms with Crippen LogP contribution < -0.4 is 4.74 Å². The van der Waals surface area contributed by atoms with Crippen LogP contribution in [0.15, 0.2) is 17.7 Å². The molecular formula is C20H28O2. The first-order valence-electron chi connectivity index (χ1n) is 8.70. The summed E-state index contributed by atoms with van der Waals surface area (Å²) in [7, 11) is 0. The number of unbranched alkanes of at least 4 members (excludes halogenated alkanes) is 2. The third-order valence-electron chi connectivity index (χ3n) is 5.07. The minimum absolute atomic E-state index is 0.248. The average Bonchev–Trinajstić information content (AvgIpc) is 2.80. The number of benzene rings is 1. The fourth-order valence-corrected chi connectivity index (χ4v) is 3.98. The first-order valence-corrected chi connectivity index (χ1v) is 8.70. The average molecular weight is 300 g/mol. The molecule has 1 atom stereocenters. The molecule has 0 fully saturated rings. The number of phenolic OH excluding ortho intramolecular Hbond substituents is 1. The summed E-state index contributed by atoms with van der Waals surface area (Å²) < 4.78 is 6.29. The SMILES string of the molecule is CCCCCc1cc(O)c2c(c1)OC(C)(C)C1=C2CC(C)C1. The molecular weight excluding hydrogens is 272 g/mol. The van der Waals surface area contributed by atoms with Gasteiger partial charge in [0.05, 0.1) is 5.56 Å². The molecule has 0 bridgehead atoms. The number of hydrogen-bond acceptors (Lipinski definition) is 2. The van der Waals surface area contributed by atoms with Gasteiger partial charge in [-0.05, 0) is 74.3 Å². The monoisotopic (exact) mass is 300 g/mol. The van der Waals surface area contributed by atoms with Gasteiger partial charge in [-0.25, -0.2) is 0 Å². The van der Waals surface area contributed by atoms with Crippen molar-refractivity contribution < 1.29 is 9.84 Å². The van der Waals surface area contributed by atoms with E-state index in [1.807, 2.05) is 6.07 Å². The van der Waals surface area contributed by atoms with E-state index in [1.54, 1.807) is 0 Å². The van der Waals surface area contributed by atoms with Crippen LogP contribution in [0.1, 0.15) is 70.9 Å². The molecule has 1 unspecified atom stereocenters. The van der Waals surface area contributed by atoms with Gasteiger partial charge in [0.2, 0.25) is 0 Å². The molecule has 0 aromatic heterocycles. The Morgan fingerprint density at radius 1 is 1.23 bits per heavy atom. The summed E-state index contributed by atoms with van der Waals surface area (Å²) in [5.74, 6) is 1.92. The third-order valence-corrected chi connectivity index (χ3v) is 5.07. The van der Waals surface area contributed by atoms with E-state index in [4.69, 9.17) is 4.74 Å². The van der Waals surface area contributed by atoms with Crippen molar-refractivity contribution in [2.24, 2.45) is 5.92 Å². The van der Waals surface area contributed by atoms with Gasteiger partial charge in [0, 0.05) is 0 Å². The van der Waals surface area contributed by atoms with Gasteiger partial charge >= 0.3 is 0 Å². The van der Waals surface area contributed by atoms with E-state index in [2.05, 4.69) is 33.8 Å². The zero-order chi connectivity index (χ0) is 15.9. The lowest BCUT2D eigenvalue weighted by atomic mass is 9.86. The van der Waals surface area contributed by atoms with E-state index in [9.17, 15) is 5.11 Å². The lowest BCUT2D eigenvalue weighted by Gasteiger charge is -2.35. The summed E-state index contributed by atoms with van der Waals surface area (Å²) in [5.41, 5.74) is 4.60. The Morgan fingerprint density at radius 3 is 2.73 bits per heavy atom. The van der Waals surface area contributed by atoms with Gasteiger partial charge in [-0.2, -0.15) is 0 Å². The molecule has 0 radical (unpaired) electrons. The molecule has 1 heterocycles. The number of aromatic hydroxyl groups is 1. The number of ether oxygens (including phenoxy) is 1. The number of phenols is 1. The molecule has 3 rings (SSSR count). The van der Waals surface area contributed by atoms with Crippen LogP contribution >= 0.6 is 0 Å². The smallest absolute Gasteiger partial charge is 0.132 e. The summed E-state index contributed by atoms with van der Waals surface area (Å²) in [6.45, 7) is 8.81. The fraction of sp³-hybridized carbons (Fsp3) is 0.600. The van der Waals surface area contributed by atoms with Crippen molar-refractivity contribution in [3.05, 3.63) is 28.8 Å². The van der Waals surface area contributed by atoms with Crippen molar-refractivity contribution in [3.8, 4) is 11.5 Å². The highest BCUT2D eigenvalue weighted by atomic mass is 16.5. The van der Waals surface area contributed by atoms with Crippen LogP contribution in [0, 0.1) is 5.92 Å². The number of rotatable bonds is 4. The minimum Gasteiger partial charge on any atom is -0.507 e. The lowest BCUT2D eigenvalue weighted by Crippen LogP contribution is -2.33. The molecule has 0 spiro atoms. The zero-order valence-electron chi connectivity index (χ0n) is 14.3. The standard InChI is InChI=1S/C20H28O2/c1-5-6-7-8-14-11-17(21)19-15-9-13(2)10-16(15)20(3,4)22-18(19)12-14/h11-13,21H,5-10H2,1-4H3. The quantitative estimate of drug-likeness (QED) is 0.746. The second-order valence-electron chi connectivity index (χ2n) is 7.53. The van der Waals surface area contributed by atoms with Crippen LogP contribution in [-0.4, -0.2) is 10.7 Å². The highest BCUT2D eigenvalue weighted by molar-refractivity contribution is 5.82. The van der Waals surface area contributed by atoms with E-state index in [0.717, 1.165) is 30.6 Å². The Labute approximate surface area is 134 Å². The summed E-state index contributed by atoms with van der Waals surface area (Å²) in [5, 5.41) is 10.6. The molecule has 0 saturated heterocycles. The van der Waals surface area contributed by atoms with Crippen molar-refractivity contribution in [3.63, 3.8) is 0 Å². The molecule has 2 aliphatic rings. The molecule has 1 aliphatic heterocycles. The van der Waals surface area contributed by atoms with Gasteiger partial charge < -0.3 is 9.84 Å². The Hall–Kier alpha value is -1.44. The maximum absolute atomic E-state index is 10.6. The summed E-state index contributed by atoms with van der Waals surface area (Å²) in [4.78, 5) is 0. The molecule has 1 aliphatic carbocycles. The van der Waals surface area contributed by atoms with E-state index in [0.29, 0.717) is 11.7 Å². The van der Waals surface area contributed by atoms with Crippen molar-refractivity contribution in [1.82, 2.24) is 0 Å². The summed E-state index contributed by atoms with van der Waals surface area (Å²) in [6.07, 6.45) is 6.77. The maximum Gasteiger partial charge on any atom is 0.132 e. The fourth-order valence-electron chi connectivity index (χ4n) is 3.98. The topological polar surface area (TPSA) is 29.5 Å². The molecule has 2 nitrogen and oxygen atoms in total. The Kier molecular flexibility index (Phi) is 3.96. The second-order valence-corrected chi connectivity index (χ2v) is 7.53. The number of hydrogen-bond donors (Lipinski definition) is 1. The predicted molar refractivity (Wildman–Crippen MR) is 91.4 cm³/mol. The number of fused-ring (bicyclic) bond motifs is 2. The molecule has 2 heteroatoms. The molecule has 1 N–H and O–H groups in total. The van der Waals surface area contributed by atoms with Crippen molar-refractivity contribution >= 4 is 5.57 Å². The molecule has 1 aromatic carbocycles. The largest absolute Gasteiger partial charge is 0.507 e. The molecule has 22 heavy (non-hydrogen) atoms. The maximum atomic E-state index is 10.6. The van der Waals surface area contributed by atoms with Gasteiger partial charge in [-0.1, -0.05) is 26.7 Å². The van der Waals surface area contributed by atoms with Crippen LogP contribution in [0.2, 0.25) is 0 Å². The number of aryl methyl sites for hydroxylation is 1. The third kappa shape index (κ3) is 2.64. The Bertz CT molecular complexity index is 610. The van der Waals surface area contributed by atoms with Gasteiger partial charge in [-0.15, -0.1) is 0 Å². The molecule has 0 amide bonds. The van der Waals surface area contributed by atoms with Crippen LogP contribution in [0.5, 0.6) is 11.5 Å². The normalized spacial score (nSPS) is 22.3. The molecule has 0 saturated carbocycles. The zero-order valence-corrected chi connectivity index (χ0v) is 14.3. The van der Waals surface area contributed by atoms with Crippen LogP contribution in [0.3, 0.4) is 0 Å². The molecule has 120 valence electrons. The Balaban J connectivity index is 1.99. The second kappa shape index (κ2) is 5.64. The highest BCUT2D eigenvalue weighted by Crippen LogP contribution is 2.53. The number of allylic oxidation sites excluding steroid dienone is 1. The summed E-state index contributed by atoms with van der Waals surface area (Å²) >= 11 is 0. The van der Waals surface area contributed by atoms with Crippen LogP contribution in [0.25, 0.3) is 5.57 Å². The van der Waals surface area contributed by atoms with Gasteiger partial charge in [0.15, 0.2) is 0 Å². The van der Waals surface area contributed by atoms with Gasteiger partial charge in [0.25, 0.3) is 0 Å². The first-order chi connectivity index (χ1) is 10.4. The minimum atomic E-state index is -0.248. The predicted octanol–water partition coefficient (Wildman–Crippen LogP) is 5.48. The van der Waals surface area contributed by atoms with E-state index in [-0.39, 0.29) is 5.60 Å². The van der Waals surface area contributed by atoms with Crippen LogP contribution in [0.4, 0.5) is 0 Å². The van der Waals surface area contributed by atoms with Crippen molar-refractivity contribution in [2.75, 3.05) is 0 Å². The first kappa shape index (κ1) is 15.5. The molecule has 1 aromatic rings. The van der Waals surface area contributed by atoms with Gasteiger partial charge in [0.1, 0.15) is 17.1 Å². The lowest BCUT2D eigenvalue weighted by molar-refractivity contribution is 0.140. The van der Waals surface area contributed by atoms with E-state index < -0.39 is 0 Å². The van der Waals surface area contributed by atoms with E-state index in [1.165, 1.54) is 36.0 Å².